The molecule has 0 aliphatic heterocycles. The van der Waals surface area contributed by atoms with Gasteiger partial charge in [0, 0.05) is 6.54 Å². The summed E-state index contributed by atoms with van der Waals surface area (Å²) in [5.41, 5.74) is 1.32. The molecule has 1 heterocycles. The Hall–Kier alpha value is -0.540. The lowest BCUT2D eigenvalue weighted by atomic mass is 10.2. The van der Waals surface area contributed by atoms with Gasteiger partial charge < -0.3 is 9.73 Å². The molecule has 2 nitrogen and oxygen atoms in total. The van der Waals surface area contributed by atoms with E-state index in [-0.39, 0.29) is 6.04 Å². The minimum atomic E-state index is 0.247. The first-order valence-electron chi connectivity index (χ1n) is 4.71. The van der Waals surface area contributed by atoms with Crippen molar-refractivity contribution in [3.05, 3.63) is 34.2 Å². The summed E-state index contributed by atoms with van der Waals surface area (Å²) in [6.07, 6.45) is 2.16. The molecule has 0 spiro atoms. The third-order valence-corrected chi connectivity index (χ3v) is 2.38. The van der Waals surface area contributed by atoms with Crippen LogP contribution in [0.2, 0.25) is 0 Å². The van der Waals surface area contributed by atoms with Crippen LogP contribution in [0.3, 0.4) is 0 Å². The van der Waals surface area contributed by atoms with Gasteiger partial charge >= 0.3 is 0 Å². The molecule has 1 aromatic rings. The molecule has 0 saturated carbocycles. The minimum absolute atomic E-state index is 0.247. The maximum absolute atomic E-state index is 5.44. The number of hydrogen-bond donors (Lipinski definition) is 1. The predicted octanol–water partition coefficient (Wildman–Crippen LogP) is 3.66. The Morgan fingerprint density at radius 1 is 1.57 bits per heavy atom. The summed E-state index contributed by atoms with van der Waals surface area (Å²) in [5, 5.41) is 3.35. The average molecular weight is 258 g/mol. The lowest BCUT2D eigenvalue weighted by Crippen LogP contribution is -2.18. The Morgan fingerprint density at radius 2 is 2.29 bits per heavy atom. The summed E-state index contributed by atoms with van der Waals surface area (Å²) in [7, 11) is 0. The molecule has 0 bridgehead atoms. The second-order valence-electron chi connectivity index (χ2n) is 3.55. The molecule has 78 valence electrons. The predicted molar refractivity (Wildman–Crippen MR) is 62.3 cm³/mol. The molecule has 1 N–H and O–H groups in total. The zero-order valence-corrected chi connectivity index (χ0v) is 10.4. The van der Waals surface area contributed by atoms with Crippen molar-refractivity contribution in [1.82, 2.24) is 5.32 Å². The van der Waals surface area contributed by atoms with E-state index in [0.717, 1.165) is 17.0 Å². The molecule has 1 atom stereocenters. The normalized spacial score (nSPS) is 12.6. The smallest absolute Gasteiger partial charge is 0.169 e. The van der Waals surface area contributed by atoms with E-state index in [4.69, 9.17) is 4.42 Å². The van der Waals surface area contributed by atoms with Crippen LogP contribution in [0.4, 0.5) is 0 Å². The molecule has 0 aliphatic rings. The van der Waals surface area contributed by atoms with Crippen molar-refractivity contribution in [2.24, 2.45) is 0 Å². The SMILES string of the molecule is CC(C)=CCNC(C)c1ccc(Br)o1. The fourth-order valence-electron chi connectivity index (χ4n) is 1.10. The highest BCUT2D eigenvalue weighted by Gasteiger charge is 2.07. The van der Waals surface area contributed by atoms with Gasteiger partial charge in [-0.2, -0.15) is 0 Å². The Kier molecular flexibility index (Phi) is 4.42. The summed E-state index contributed by atoms with van der Waals surface area (Å²) in [5.74, 6) is 0.957. The number of nitrogens with one attached hydrogen (secondary N) is 1. The van der Waals surface area contributed by atoms with Crippen LogP contribution in [0.5, 0.6) is 0 Å². The summed E-state index contributed by atoms with van der Waals surface area (Å²) >= 11 is 3.29. The van der Waals surface area contributed by atoms with Crippen LogP contribution in [-0.4, -0.2) is 6.54 Å². The monoisotopic (exact) mass is 257 g/mol. The second kappa shape index (κ2) is 5.37. The van der Waals surface area contributed by atoms with E-state index in [1.54, 1.807) is 0 Å². The summed E-state index contributed by atoms with van der Waals surface area (Å²) in [4.78, 5) is 0. The number of allylic oxidation sites excluding steroid dienone is 1. The number of rotatable bonds is 4. The standard InChI is InChI=1S/C11H16BrNO/c1-8(2)6-7-13-9(3)10-4-5-11(12)14-10/h4-6,9,13H,7H2,1-3H3. The summed E-state index contributed by atoms with van der Waals surface area (Å²) in [6.45, 7) is 7.15. The van der Waals surface area contributed by atoms with Gasteiger partial charge in [-0.05, 0) is 48.8 Å². The van der Waals surface area contributed by atoms with E-state index in [1.807, 2.05) is 12.1 Å². The Labute approximate surface area is 93.5 Å². The number of halogens is 1. The van der Waals surface area contributed by atoms with Gasteiger partial charge in [-0.25, -0.2) is 0 Å². The molecule has 3 heteroatoms. The van der Waals surface area contributed by atoms with E-state index in [1.165, 1.54) is 5.57 Å². The van der Waals surface area contributed by atoms with Gasteiger partial charge in [0.15, 0.2) is 4.67 Å². The molecule has 1 rings (SSSR count). The van der Waals surface area contributed by atoms with Crippen LogP contribution in [0.1, 0.15) is 32.6 Å². The summed E-state index contributed by atoms with van der Waals surface area (Å²) < 4.78 is 6.22. The quantitative estimate of drug-likeness (QED) is 0.834. The number of furan rings is 1. The highest BCUT2D eigenvalue weighted by molar-refractivity contribution is 9.10. The van der Waals surface area contributed by atoms with E-state index in [2.05, 4.69) is 48.1 Å². The first kappa shape index (κ1) is 11.5. The van der Waals surface area contributed by atoms with E-state index >= 15 is 0 Å². The van der Waals surface area contributed by atoms with Gasteiger partial charge in [0.1, 0.15) is 5.76 Å². The van der Waals surface area contributed by atoms with E-state index in [9.17, 15) is 0 Å². The van der Waals surface area contributed by atoms with Crippen molar-refractivity contribution < 1.29 is 4.42 Å². The maximum atomic E-state index is 5.44. The average Bonchev–Trinajstić information content (AvgIpc) is 2.51. The van der Waals surface area contributed by atoms with Crippen LogP contribution in [-0.2, 0) is 0 Å². The molecule has 0 aliphatic carbocycles. The second-order valence-corrected chi connectivity index (χ2v) is 4.33. The molecule has 0 aromatic carbocycles. The molecule has 14 heavy (non-hydrogen) atoms. The number of hydrogen-bond acceptors (Lipinski definition) is 2. The van der Waals surface area contributed by atoms with Gasteiger partial charge in [-0.1, -0.05) is 11.6 Å². The third-order valence-electron chi connectivity index (χ3n) is 1.96. The Morgan fingerprint density at radius 3 is 2.79 bits per heavy atom. The molecule has 0 radical (unpaired) electrons. The van der Waals surface area contributed by atoms with Crippen LogP contribution < -0.4 is 5.32 Å². The Bertz CT molecular complexity index is 313. The molecule has 0 saturated heterocycles. The zero-order chi connectivity index (χ0) is 10.6. The van der Waals surface area contributed by atoms with Crippen LogP contribution in [0, 0.1) is 0 Å². The third kappa shape index (κ3) is 3.68. The highest BCUT2D eigenvalue weighted by Crippen LogP contribution is 2.19. The topological polar surface area (TPSA) is 25.2 Å². The van der Waals surface area contributed by atoms with Crippen molar-refractivity contribution in [1.29, 1.82) is 0 Å². The van der Waals surface area contributed by atoms with Crippen molar-refractivity contribution in [3.8, 4) is 0 Å². The van der Waals surface area contributed by atoms with Gasteiger partial charge in [-0.3, -0.25) is 0 Å². The molecule has 0 fully saturated rings. The van der Waals surface area contributed by atoms with Crippen molar-refractivity contribution in [2.75, 3.05) is 6.54 Å². The van der Waals surface area contributed by atoms with Gasteiger partial charge in [0.25, 0.3) is 0 Å². The van der Waals surface area contributed by atoms with Crippen molar-refractivity contribution in [3.63, 3.8) is 0 Å². The fraction of sp³-hybridized carbons (Fsp3) is 0.455. The highest BCUT2D eigenvalue weighted by atomic mass is 79.9. The van der Waals surface area contributed by atoms with Crippen molar-refractivity contribution in [2.45, 2.75) is 26.8 Å². The molecule has 0 amide bonds. The molecule has 1 unspecified atom stereocenters. The molecule has 1 aromatic heterocycles. The van der Waals surface area contributed by atoms with Crippen LogP contribution in [0.15, 0.2) is 32.9 Å². The van der Waals surface area contributed by atoms with Crippen molar-refractivity contribution >= 4 is 15.9 Å². The van der Waals surface area contributed by atoms with Crippen LogP contribution >= 0.6 is 15.9 Å². The maximum Gasteiger partial charge on any atom is 0.169 e. The van der Waals surface area contributed by atoms with Gasteiger partial charge in [0.05, 0.1) is 6.04 Å². The Balaban J connectivity index is 2.43. The van der Waals surface area contributed by atoms with Gasteiger partial charge in [-0.15, -0.1) is 0 Å². The first-order valence-corrected chi connectivity index (χ1v) is 5.51. The lowest BCUT2D eigenvalue weighted by molar-refractivity contribution is 0.427. The molecular formula is C11H16BrNO. The fourth-order valence-corrected chi connectivity index (χ4v) is 1.42. The zero-order valence-electron chi connectivity index (χ0n) is 8.80. The molecular weight excluding hydrogens is 242 g/mol. The first-order chi connectivity index (χ1) is 6.59. The summed E-state index contributed by atoms with van der Waals surface area (Å²) in [6, 6.07) is 4.13. The van der Waals surface area contributed by atoms with E-state index < -0.39 is 0 Å². The minimum Gasteiger partial charge on any atom is -0.453 e. The lowest BCUT2D eigenvalue weighted by Gasteiger charge is -2.08. The van der Waals surface area contributed by atoms with Crippen LogP contribution in [0.25, 0.3) is 0 Å². The van der Waals surface area contributed by atoms with Gasteiger partial charge in [0.2, 0.25) is 0 Å². The largest absolute Gasteiger partial charge is 0.453 e. The van der Waals surface area contributed by atoms with E-state index in [0.29, 0.717) is 0 Å².